The Morgan fingerprint density at radius 2 is 1.56 bits per heavy atom. The molecule has 10 unspecified atom stereocenters. The SMILES string of the molecule is C=C(C)C1CCC2(C)CCC3(CO)C(CCC4C5(C)CCC(O)C(C)(C)C5CCC43C)C12. The molecule has 5 rings (SSSR count). The summed E-state index contributed by atoms with van der Waals surface area (Å²) in [5.74, 6) is 3.24. The lowest BCUT2D eigenvalue weighted by molar-refractivity contribution is -0.260. The van der Waals surface area contributed by atoms with Crippen molar-refractivity contribution in [3.05, 3.63) is 12.2 Å². The average molecular weight is 443 g/mol. The fourth-order valence-electron chi connectivity index (χ4n) is 11.6. The summed E-state index contributed by atoms with van der Waals surface area (Å²) >= 11 is 0. The number of aliphatic hydroxyl groups is 2. The molecule has 2 N–H and O–H groups in total. The van der Waals surface area contributed by atoms with Crippen LogP contribution in [0.4, 0.5) is 0 Å². The summed E-state index contributed by atoms with van der Waals surface area (Å²) in [5, 5.41) is 22.2. The van der Waals surface area contributed by atoms with Crippen molar-refractivity contribution in [2.24, 2.45) is 56.7 Å². The first-order chi connectivity index (χ1) is 14.9. The predicted molar refractivity (Wildman–Crippen MR) is 132 cm³/mol. The van der Waals surface area contributed by atoms with Crippen molar-refractivity contribution in [2.75, 3.05) is 6.61 Å². The van der Waals surface area contributed by atoms with Gasteiger partial charge in [-0.1, -0.05) is 46.8 Å². The Labute approximate surface area is 197 Å². The van der Waals surface area contributed by atoms with Gasteiger partial charge >= 0.3 is 0 Å². The van der Waals surface area contributed by atoms with E-state index in [2.05, 4.69) is 48.1 Å². The number of rotatable bonds is 2. The van der Waals surface area contributed by atoms with Crippen LogP contribution in [0.1, 0.15) is 106 Å². The molecule has 32 heavy (non-hydrogen) atoms. The van der Waals surface area contributed by atoms with Gasteiger partial charge in [0.05, 0.1) is 6.10 Å². The van der Waals surface area contributed by atoms with E-state index in [1.807, 2.05) is 0 Å². The molecule has 0 radical (unpaired) electrons. The van der Waals surface area contributed by atoms with Crippen molar-refractivity contribution in [3.63, 3.8) is 0 Å². The molecular weight excluding hydrogens is 392 g/mol. The lowest BCUT2D eigenvalue weighted by atomic mass is 9.32. The molecule has 0 heterocycles. The summed E-state index contributed by atoms with van der Waals surface area (Å²) in [5.41, 5.74) is 2.38. The minimum atomic E-state index is -0.168. The molecule has 182 valence electrons. The van der Waals surface area contributed by atoms with Crippen LogP contribution in [-0.2, 0) is 0 Å². The Balaban J connectivity index is 1.57. The van der Waals surface area contributed by atoms with Gasteiger partial charge in [0.25, 0.3) is 0 Å². The Morgan fingerprint density at radius 3 is 2.22 bits per heavy atom. The first-order valence-electron chi connectivity index (χ1n) is 13.8. The molecule has 10 atom stereocenters. The van der Waals surface area contributed by atoms with Crippen LogP contribution in [0.15, 0.2) is 12.2 Å². The van der Waals surface area contributed by atoms with E-state index in [0.717, 1.165) is 12.8 Å². The molecule has 0 saturated heterocycles. The zero-order chi connectivity index (χ0) is 23.3. The molecule has 5 fully saturated rings. The van der Waals surface area contributed by atoms with Gasteiger partial charge in [-0.05, 0) is 122 Å². The summed E-state index contributed by atoms with van der Waals surface area (Å²) in [6.07, 6.45) is 12.1. The highest BCUT2D eigenvalue weighted by Crippen LogP contribution is 2.77. The summed E-state index contributed by atoms with van der Waals surface area (Å²) in [6, 6.07) is 0. The van der Waals surface area contributed by atoms with Gasteiger partial charge in [-0.2, -0.15) is 0 Å². The van der Waals surface area contributed by atoms with Gasteiger partial charge in [-0.25, -0.2) is 0 Å². The fraction of sp³-hybridized carbons (Fsp3) is 0.933. The topological polar surface area (TPSA) is 40.5 Å². The fourth-order valence-corrected chi connectivity index (χ4v) is 11.6. The molecule has 0 bridgehead atoms. The molecule has 2 heteroatoms. The van der Waals surface area contributed by atoms with Crippen molar-refractivity contribution in [1.82, 2.24) is 0 Å². The standard InChI is InChI=1S/C30H50O2/c1-19(2)20-10-13-27(5)16-17-30(18-31)21(25(20)27)8-9-23-28(6)14-12-24(32)26(3,4)22(28)11-15-29(23,30)7/h20-25,31-32H,1,8-18H2,2-7H3. The van der Waals surface area contributed by atoms with Gasteiger partial charge in [-0.3, -0.25) is 0 Å². The zero-order valence-electron chi connectivity index (χ0n) is 21.8. The van der Waals surface area contributed by atoms with E-state index in [1.54, 1.807) is 0 Å². The van der Waals surface area contributed by atoms with Gasteiger partial charge in [0.1, 0.15) is 0 Å². The second-order valence-corrected chi connectivity index (χ2v) is 14.6. The Hall–Kier alpha value is -0.340. The van der Waals surface area contributed by atoms with Gasteiger partial charge in [0.15, 0.2) is 0 Å². The third kappa shape index (κ3) is 2.66. The molecule has 0 aromatic heterocycles. The van der Waals surface area contributed by atoms with Gasteiger partial charge in [0, 0.05) is 12.0 Å². The molecule has 0 aromatic rings. The molecule has 5 saturated carbocycles. The normalized spacial score (nSPS) is 56.5. The maximum Gasteiger partial charge on any atom is 0.0594 e. The number of aliphatic hydroxyl groups excluding tert-OH is 2. The van der Waals surface area contributed by atoms with E-state index in [4.69, 9.17) is 0 Å². The van der Waals surface area contributed by atoms with Gasteiger partial charge in [0.2, 0.25) is 0 Å². The molecule has 5 aliphatic rings. The van der Waals surface area contributed by atoms with Crippen LogP contribution in [0, 0.1) is 56.7 Å². The van der Waals surface area contributed by atoms with Crippen molar-refractivity contribution in [2.45, 2.75) is 112 Å². The lowest BCUT2D eigenvalue weighted by Crippen LogP contribution is -2.68. The number of hydrogen-bond acceptors (Lipinski definition) is 2. The van der Waals surface area contributed by atoms with Crippen molar-refractivity contribution >= 4 is 0 Å². The Morgan fingerprint density at radius 1 is 0.844 bits per heavy atom. The smallest absolute Gasteiger partial charge is 0.0594 e. The summed E-state index contributed by atoms with van der Waals surface area (Å²) < 4.78 is 0. The maximum absolute atomic E-state index is 11.3. The predicted octanol–water partition coefficient (Wildman–Crippen LogP) is 7.00. The van der Waals surface area contributed by atoms with Gasteiger partial charge in [-0.15, -0.1) is 0 Å². The third-order valence-corrected chi connectivity index (χ3v) is 13.4. The van der Waals surface area contributed by atoms with E-state index in [-0.39, 0.29) is 27.8 Å². The average Bonchev–Trinajstić information content (AvgIpc) is 3.08. The zero-order valence-corrected chi connectivity index (χ0v) is 21.8. The highest BCUT2D eigenvalue weighted by molar-refractivity contribution is 5.21. The minimum absolute atomic E-state index is 0.000800. The summed E-state index contributed by atoms with van der Waals surface area (Å²) in [7, 11) is 0. The highest BCUT2D eigenvalue weighted by Gasteiger charge is 2.71. The second-order valence-electron chi connectivity index (χ2n) is 14.6. The van der Waals surface area contributed by atoms with Crippen LogP contribution in [0.3, 0.4) is 0 Å². The van der Waals surface area contributed by atoms with Crippen LogP contribution in [0.2, 0.25) is 0 Å². The van der Waals surface area contributed by atoms with E-state index in [0.29, 0.717) is 41.6 Å². The van der Waals surface area contributed by atoms with E-state index in [1.165, 1.54) is 56.9 Å². The van der Waals surface area contributed by atoms with Gasteiger partial charge < -0.3 is 10.2 Å². The Bertz CT molecular complexity index is 786. The molecule has 0 spiro atoms. The van der Waals surface area contributed by atoms with Crippen molar-refractivity contribution in [1.29, 1.82) is 0 Å². The monoisotopic (exact) mass is 442 g/mol. The van der Waals surface area contributed by atoms with Crippen LogP contribution >= 0.6 is 0 Å². The molecular formula is C30H50O2. The van der Waals surface area contributed by atoms with Crippen LogP contribution in [-0.4, -0.2) is 22.9 Å². The molecule has 0 amide bonds. The van der Waals surface area contributed by atoms with Crippen LogP contribution in [0.5, 0.6) is 0 Å². The van der Waals surface area contributed by atoms with Crippen LogP contribution < -0.4 is 0 Å². The largest absolute Gasteiger partial charge is 0.396 e. The summed E-state index contributed by atoms with van der Waals surface area (Å²) in [4.78, 5) is 0. The molecule has 0 aliphatic heterocycles. The minimum Gasteiger partial charge on any atom is -0.396 e. The number of allylic oxidation sites excluding steroid dienone is 1. The quantitative estimate of drug-likeness (QED) is 0.452. The molecule has 0 aromatic carbocycles. The summed E-state index contributed by atoms with van der Waals surface area (Å²) in [6.45, 7) is 19.5. The molecule has 2 nitrogen and oxygen atoms in total. The van der Waals surface area contributed by atoms with Crippen molar-refractivity contribution in [3.8, 4) is 0 Å². The number of hydrogen-bond donors (Lipinski definition) is 2. The Kier molecular flexibility index (Phi) is 5.19. The molecule has 5 aliphatic carbocycles. The van der Waals surface area contributed by atoms with Crippen LogP contribution in [0.25, 0.3) is 0 Å². The lowest BCUT2D eigenvalue weighted by Gasteiger charge is -2.73. The second kappa shape index (κ2) is 7.09. The third-order valence-electron chi connectivity index (χ3n) is 13.4. The highest BCUT2D eigenvalue weighted by atomic mass is 16.3. The maximum atomic E-state index is 11.3. The van der Waals surface area contributed by atoms with E-state index in [9.17, 15) is 10.2 Å². The van der Waals surface area contributed by atoms with Crippen molar-refractivity contribution < 1.29 is 10.2 Å². The first kappa shape index (κ1) is 23.4. The van der Waals surface area contributed by atoms with E-state index < -0.39 is 0 Å². The number of fused-ring (bicyclic) bond motifs is 7. The first-order valence-corrected chi connectivity index (χ1v) is 13.8. The van der Waals surface area contributed by atoms with E-state index >= 15 is 0 Å².